The number of benzene rings is 1. The third-order valence-electron chi connectivity index (χ3n) is 3.65. The minimum Gasteiger partial charge on any atom is -0.397 e. The van der Waals surface area contributed by atoms with Gasteiger partial charge in [0, 0.05) is 33.1 Å². The predicted molar refractivity (Wildman–Crippen MR) is 81.6 cm³/mol. The Kier molecular flexibility index (Phi) is 4.38. The average molecular weight is 312 g/mol. The summed E-state index contributed by atoms with van der Waals surface area (Å²) in [5.41, 5.74) is 7.18. The van der Waals surface area contributed by atoms with Crippen molar-refractivity contribution in [1.29, 1.82) is 0 Å². The van der Waals surface area contributed by atoms with E-state index in [1.54, 1.807) is 24.0 Å². The zero-order valence-corrected chi connectivity index (χ0v) is 13.0. The Morgan fingerprint density at radius 3 is 2.38 bits per heavy atom. The van der Waals surface area contributed by atoms with Gasteiger partial charge in [-0.3, -0.25) is 4.79 Å². The van der Waals surface area contributed by atoms with Gasteiger partial charge in [0.25, 0.3) is 0 Å². The molecule has 1 aromatic rings. The molecule has 7 nitrogen and oxygen atoms in total. The SMILES string of the molecule is CNS(=O)(=O)c1ccc(N)c(N2CCN(C(C)=O)CC2)c1. The van der Waals surface area contributed by atoms with Crippen LogP contribution in [0.5, 0.6) is 0 Å². The van der Waals surface area contributed by atoms with Gasteiger partial charge in [-0.2, -0.15) is 0 Å². The molecule has 0 spiro atoms. The molecule has 0 bridgehead atoms. The van der Waals surface area contributed by atoms with Crippen LogP contribution in [0.25, 0.3) is 0 Å². The molecule has 116 valence electrons. The molecule has 0 unspecified atom stereocenters. The summed E-state index contributed by atoms with van der Waals surface area (Å²) >= 11 is 0. The first-order valence-corrected chi connectivity index (χ1v) is 8.17. The Morgan fingerprint density at radius 2 is 1.86 bits per heavy atom. The van der Waals surface area contributed by atoms with E-state index < -0.39 is 10.0 Å². The van der Waals surface area contributed by atoms with Crippen molar-refractivity contribution in [3.63, 3.8) is 0 Å². The van der Waals surface area contributed by atoms with E-state index >= 15 is 0 Å². The summed E-state index contributed by atoms with van der Waals surface area (Å²) in [6.07, 6.45) is 0. The second-order valence-electron chi connectivity index (χ2n) is 4.92. The number of nitrogens with zero attached hydrogens (tertiary/aromatic N) is 2. The standard InChI is InChI=1S/C13H20N4O3S/c1-10(18)16-5-7-17(8-6-16)13-9-11(3-4-12(13)14)21(19,20)15-2/h3-4,9,15H,5-8,14H2,1-2H3. The van der Waals surface area contributed by atoms with Crippen LogP contribution in [0, 0.1) is 0 Å². The van der Waals surface area contributed by atoms with Crippen LogP contribution < -0.4 is 15.4 Å². The fraction of sp³-hybridized carbons (Fsp3) is 0.462. The topological polar surface area (TPSA) is 95.7 Å². The van der Waals surface area contributed by atoms with Crippen molar-refractivity contribution in [2.75, 3.05) is 43.9 Å². The Morgan fingerprint density at radius 1 is 1.24 bits per heavy atom. The molecule has 1 aliphatic heterocycles. The van der Waals surface area contributed by atoms with Gasteiger partial charge in [0.15, 0.2) is 0 Å². The van der Waals surface area contributed by atoms with E-state index in [4.69, 9.17) is 5.73 Å². The zero-order chi connectivity index (χ0) is 15.6. The fourth-order valence-electron chi connectivity index (χ4n) is 2.34. The van der Waals surface area contributed by atoms with Crippen molar-refractivity contribution in [2.24, 2.45) is 0 Å². The van der Waals surface area contributed by atoms with E-state index in [0.717, 1.165) is 0 Å². The molecule has 1 heterocycles. The molecule has 1 aliphatic rings. The van der Waals surface area contributed by atoms with E-state index in [1.165, 1.54) is 13.1 Å². The number of amides is 1. The molecule has 8 heteroatoms. The minimum absolute atomic E-state index is 0.0501. The largest absolute Gasteiger partial charge is 0.397 e. The van der Waals surface area contributed by atoms with Gasteiger partial charge in [-0.25, -0.2) is 13.1 Å². The molecule has 21 heavy (non-hydrogen) atoms. The third kappa shape index (κ3) is 3.27. The maximum absolute atomic E-state index is 11.9. The average Bonchev–Trinajstić information content (AvgIpc) is 2.47. The van der Waals surface area contributed by atoms with Crippen molar-refractivity contribution in [2.45, 2.75) is 11.8 Å². The first kappa shape index (κ1) is 15.6. The van der Waals surface area contributed by atoms with Gasteiger partial charge in [0.2, 0.25) is 15.9 Å². The van der Waals surface area contributed by atoms with Crippen LogP contribution in [0.2, 0.25) is 0 Å². The Balaban J connectivity index is 2.25. The van der Waals surface area contributed by atoms with Crippen molar-refractivity contribution in [3.05, 3.63) is 18.2 Å². The fourth-order valence-corrected chi connectivity index (χ4v) is 3.09. The number of rotatable bonds is 3. The summed E-state index contributed by atoms with van der Waals surface area (Å²) in [7, 11) is -2.13. The maximum atomic E-state index is 11.9. The number of nitrogens with two attached hydrogens (primary N) is 1. The van der Waals surface area contributed by atoms with Gasteiger partial charge in [0.05, 0.1) is 16.3 Å². The van der Waals surface area contributed by atoms with Gasteiger partial charge in [-0.15, -0.1) is 0 Å². The van der Waals surface area contributed by atoms with Crippen LogP contribution in [0.3, 0.4) is 0 Å². The Bertz CT molecular complexity index is 637. The number of hydrogen-bond acceptors (Lipinski definition) is 5. The number of anilines is 2. The molecule has 0 aromatic heterocycles. The lowest BCUT2D eigenvalue weighted by Crippen LogP contribution is -2.48. The van der Waals surface area contributed by atoms with Gasteiger partial charge in [-0.05, 0) is 25.2 Å². The number of piperazine rings is 1. The molecule has 1 amide bonds. The summed E-state index contributed by atoms with van der Waals surface area (Å²) in [5.74, 6) is 0.0501. The molecule has 1 fully saturated rings. The van der Waals surface area contributed by atoms with Gasteiger partial charge < -0.3 is 15.5 Å². The maximum Gasteiger partial charge on any atom is 0.240 e. The lowest BCUT2D eigenvalue weighted by atomic mass is 10.2. The number of carbonyl (C=O) groups excluding carboxylic acids is 1. The van der Waals surface area contributed by atoms with Crippen molar-refractivity contribution in [3.8, 4) is 0 Å². The van der Waals surface area contributed by atoms with E-state index in [0.29, 0.717) is 37.6 Å². The highest BCUT2D eigenvalue weighted by molar-refractivity contribution is 7.89. The lowest BCUT2D eigenvalue weighted by Gasteiger charge is -2.36. The van der Waals surface area contributed by atoms with Crippen LogP contribution >= 0.6 is 0 Å². The normalized spacial score (nSPS) is 16.1. The predicted octanol–water partition coefficient (Wildman–Crippen LogP) is -0.155. The lowest BCUT2D eigenvalue weighted by molar-refractivity contribution is -0.129. The summed E-state index contributed by atoms with van der Waals surface area (Å²) in [4.78, 5) is 15.3. The van der Waals surface area contributed by atoms with Crippen LogP contribution in [0.4, 0.5) is 11.4 Å². The molecule has 2 rings (SSSR count). The van der Waals surface area contributed by atoms with Crippen molar-refractivity contribution in [1.82, 2.24) is 9.62 Å². The Hall–Kier alpha value is -1.80. The molecule has 3 N–H and O–H groups in total. The summed E-state index contributed by atoms with van der Waals surface area (Å²) in [5, 5.41) is 0. The number of carbonyl (C=O) groups is 1. The molecule has 0 aliphatic carbocycles. The summed E-state index contributed by atoms with van der Waals surface area (Å²) in [6, 6.07) is 4.65. The molecular formula is C13H20N4O3S. The van der Waals surface area contributed by atoms with Crippen LogP contribution in [0.15, 0.2) is 23.1 Å². The van der Waals surface area contributed by atoms with Crippen molar-refractivity contribution < 1.29 is 13.2 Å². The van der Waals surface area contributed by atoms with Gasteiger partial charge >= 0.3 is 0 Å². The first-order chi connectivity index (χ1) is 9.85. The van der Waals surface area contributed by atoms with E-state index in [9.17, 15) is 13.2 Å². The summed E-state index contributed by atoms with van der Waals surface area (Å²) < 4.78 is 26.0. The number of nitrogen functional groups attached to an aromatic ring is 1. The molecule has 0 saturated carbocycles. The third-order valence-corrected chi connectivity index (χ3v) is 5.06. The highest BCUT2D eigenvalue weighted by Crippen LogP contribution is 2.27. The second-order valence-corrected chi connectivity index (χ2v) is 6.81. The highest BCUT2D eigenvalue weighted by atomic mass is 32.2. The number of hydrogen-bond donors (Lipinski definition) is 2. The van der Waals surface area contributed by atoms with Crippen LogP contribution in [0.1, 0.15) is 6.92 Å². The first-order valence-electron chi connectivity index (χ1n) is 6.68. The molecule has 1 aromatic carbocycles. The minimum atomic E-state index is -3.50. The van der Waals surface area contributed by atoms with E-state index in [-0.39, 0.29) is 10.8 Å². The molecule has 0 atom stereocenters. The second kappa shape index (κ2) is 5.90. The Labute approximate surface area is 124 Å². The van der Waals surface area contributed by atoms with E-state index in [1.807, 2.05) is 4.90 Å². The van der Waals surface area contributed by atoms with Gasteiger partial charge in [0.1, 0.15) is 0 Å². The zero-order valence-electron chi connectivity index (χ0n) is 12.2. The molecule has 0 radical (unpaired) electrons. The molecule has 1 saturated heterocycles. The molecular weight excluding hydrogens is 292 g/mol. The van der Waals surface area contributed by atoms with Gasteiger partial charge in [-0.1, -0.05) is 0 Å². The number of nitrogens with one attached hydrogen (secondary N) is 1. The summed E-state index contributed by atoms with van der Waals surface area (Å²) in [6.45, 7) is 4.03. The van der Waals surface area contributed by atoms with Crippen molar-refractivity contribution >= 4 is 27.3 Å². The smallest absolute Gasteiger partial charge is 0.240 e. The quantitative estimate of drug-likeness (QED) is 0.757. The van der Waals surface area contributed by atoms with Crippen LogP contribution in [-0.4, -0.2) is 52.5 Å². The van der Waals surface area contributed by atoms with Crippen LogP contribution in [-0.2, 0) is 14.8 Å². The number of sulfonamides is 1. The monoisotopic (exact) mass is 312 g/mol. The van der Waals surface area contributed by atoms with E-state index in [2.05, 4.69) is 4.72 Å². The highest BCUT2D eigenvalue weighted by Gasteiger charge is 2.22.